The molecule has 1 unspecified atom stereocenters. The van der Waals surface area contributed by atoms with Crippen LogP contribution in [0.25, 0.3) is 0 Å². The number of carbonyl (C=O) groups is 1. The van der Waals surface area contributed by atoms with Crippen molar-refractivity contribution < 1.29 is 26.4 Å². The molecular formula is C14H16BrF3N2O3S. The van der Waals surface area contributed by atoms with E-state index in [0.717, 1.165) is 6.07 Å². The Labute approximate surface area is 146 Å². The number of carbonyl (C=O) groups excluding carboxylic acids is 1. The van der Waals surface area contributed by atoms with E-state index in [1.54, 1.807) is 0 Å². The van der Waals surface area contributed by atoms with E-state index in [2.05, 4.69) is 21.2 Å². The fourth-order valence-electron chi connectivity index (χ4n) is 2.44. The summed E-state index contributed by atoms with van der Waals surface area (Å²) in [7, 11) is -1.61. The standard InChI is InChI=1S/C14H16BrF3N2O3S/c1-20(10-4-5-24(22,23)8-10)13(21)7-19-9-2-3-12(15)11(6-9)14(16,17)18/h2-3,6,10,19H,4-5,7-8H2,1H3. The number of nitrogens with zero attached hydrogens (tertiary/aromatic N) is 1. The highest BCUT2D eigenvalue weighted by Crippen LogP contribution is 2.36. The Morgan fingerprint density at radius 1 is 1.42 bits per heavy atom. The molecule has 1 fully saturated rings. The van der Waals surface area contributed by atoms with Crippen molar-refractivity contribution in [3.8, 4) is 0 Å². The van der Waals surface area contributed by atoms with E-state index in [1.807, 2.05) is 0 Å². The van der Waals surface area contributed by atoms with Gasteiger partial charge in [0.15, 0.2) is 9.84 Å². The van der Waals surface area contributed by atoms with Gasteiger partial charge in [0.2, 0.25) is 5.91 Å². The normalized spacial score (nSPS) is 20.0. The Bertz CT molecular complexity index is 737. The second kappa shape index (κ2) is 6.91. The molecule has 10 heteroatoms. The Kier molecular flexibility index (Phi) is 5.48. The molecule has 0 saturated carbocycles. The Balaban J connectivity index is 1.99. The van der Waals surface area contributed by atoms with Crippen LogP contribution in [0.5, 0.6) is 0 Å². The van der Waals surface area contributed by atoms with Gasteiger partial charge in [-0.2, -0.15) is 13.2 Å². The van der Waals surface area contributed by atoms with Crippen LogP contribution in [0.3, 0.4) is 0 Å². The molecule has 1 aromatic rings. The molecule has 0 aromatic heterocycles. The maximum absolute atomic E-state index is 12.8. The van der Waals surface area contributed by atoms with E-state index in [0.29, 0.717) is 6.42 Å². The molecule has 1 amide bonds. The van der Waals surface area contributed by atoms with Crippen molar-refractivity contribution in [2.75, 3.05) is 30.4 Å². The maximum atomic E-state index is 12.8. The summed E-state index contributed by atoms with van der Waals surface area (Å²) in [6.45, 7) is -0.216. The van der Waals surface area contributed by atoms with Crippen LogP contribution in [-0.2, 0) is 20.8 Å². The van der Waals surface area contributed by atoms with Crippen LogP contribution in [0.1, 0.15) is 12.0 Å². The molecule has 1 N–H and O–H groups in total. The first-order chi connectivity index (χ1) is 11.0. The summed E-state index contributed by atoms with van der Waals surface area (Å²) in [5.41, 5.74) is -0.679. The van der Waals surface area contributed by atoms with Crippen molar-refractivity contribution in [1.82, 2.24) is 4.90 Å². The summed E-state index contributed by atoms with van der Waals surface area (Å²) in [4.78, 5) is 13.4. The van der Waals surface area contributed by atoms with E-state index >= 15 is 0 Å². The molecule has 0 spiro atoms. The van der Waals surface area contributed by atoms with Gasteiger partial charge in [-0.1, -0.05) is 15.9 Å². The number of alkyl halides is 3. The third kappa shape index (κ3) is 4.62. The van der Waals surface area contributed by atoms with Gasteiger partial charge in [-0.3, -0.25) is 4.79 Å². The smallest absolute Gasteiger partial charge is 0.376 e. The molecule has 0 bridgehead atoms. The predicted octanol–water partition coefficient (Wildman–Crippen LogP) is 2.53. The maximum Gasteiger partial charge on any atom is 0.417 e. The molecule has 1 atom stereocenters. The average molecular weight is 429 g/mol. The van der Waals surface area contributed by atoms with Gasteiger partial charge in [-0.15, -0.1) is 0 Å². The largest absolute Gasteiger partial charge is 0.417 e. The minimum atomic E-state index is -4.50. The molecule has 1 saturated heterocycles. The monoisotopic (exact) mass is 428 g/mol. The highest BCUT2D eigenvalue weighted by atomic mass is 79.9. The molecular weight excluding hydrogens is 413 g/mol. The van der Waals surface area contributed by atoms with Crippen molar-refractivity contribution in [1.29, 1.82) is 0 Å². The lowest BCUT2D eigenvalue weighted by atomic mass is 10.2. The van der Waals surface area contributed by atoms with E-state index in [9.17, 15) is 26.4 Å². The zero-order chi connectivity index (χ0) is 18.1. The number of sulfone groups is 1. The van der Waals surface area contributed by atoms with E-state index in [-0.39, 0.29) is 40.2 Å². The molecule has 1 aliphatic rings. The molecule has 24 heavy (non-hydrogen) atoms. The topological polar surface area (TPSA) is 66.5 Å². The lowest BCUT2D eigenvalue weighted by Gasteiger charge is -2.23. The highest BCUT2D eigenvalue weighted by molar-refractivity contribution is 9.10. The number of hydrogen-bond donors (Lipinski definition) is 1. The van der Waals surface area contributed by atoms with Crippen LogP contribution in [0.2, 0.25) is 0 Å². The van der Waals surface area contributed by atoms with Crippen LogP contribution in [0, 0.1) is 0 Å². The predicted molar refractivity (Wildman–Crippen MR) is 87.5 cm³/mol. The zero-order valence-corrected chi connectivity index (χ0v) is 15.1. The summed E-state index contributed by atoms with van der Waals surface area (Å²) in [6.07, 6.45) is -4.13. The second-order valence-corrected chi connectivity index (χ2v) is 8.69. The quantitative estimate of drug-likeness (QED) is 0.799. The molecule has 1 aromatic carbocycles. The summed E-state index contributed by atoms with van der Waals surface area (Å²) in [6, 6.07) is 3.20. The minimum absolute atomic E-state index is 0.0460. The fraction of sp³-hybridized carbons (Fsp3) is 0.500. The van der Waals surface area contributed by atoms with Gasteiger partial charge in [0.1, 0.15) is 0 Å². The van der Waals surface area contributed by atoms with Crippen molar-refractivity contribution in [2.45, 2.75) is 18.6 Å². The van der Waals surface area contributed by atoms with Gasteiger partial charge in [-0.05, 0) is 24.6 Å². The molecule has 0 radical (unpaired) electrons. The lowest BCUT2D eigenvalue weighted by Crippen LogP contribution is -2.40. The third-order valence-corrected chi connectivity index (χ3v) is 6.31. The molecule has 5 nitrogen and oxygen atoms in total. The van der Waals surface area contributed by atoms with E-state index in [1.165, 1.54) is 24.1 Å². The van der Waals surface area contributed by atoms with Gasteiger partial charge in [0.05, 0.1) is 23.6 Å². The summed E-state index contributed by atoms with van der Waals surface area (Å²) < 4.78 is 61.3. The first-order valence-corrected chi connectivity index (χ1v) is 9.68. The first kappa shape index (κ1) is 19.0. The minimum Gasteiger partial charge on any atom is -0.376 e. The molecule has 1 aliphatic heterocycles. The average Bonchev–Trinajstić information content (AvgIpc) is 2.84. The SMILES string of the molecule is CN(C(=O)CNc1ccc(Br)c(C(F)(F)F)c1)C1CCS(=O)(=O)C1. The van der Waals surface area contributed by atoms with Gasteiger partial charge in [0.25, 0.3) is 0 Å². The number of anilines is 1. The van der Waals surface area contributed by atoms with E-state index in [4.69, 9.17) is 0 Å². The lowest BCUT2D eigenvalue weighted by molar-refractivity contribution is -0.138. The number of benzene rings is 1. The Hall–Kier alpha value is -1.29. The number of rotatable bonds is 4. The second-order valence-electron chi connectivity index (χ2n) is 5.61. The number of halogens is 4. The Morgan fingerprint density at radius 3 is 2.62 bits per heavy atom. The third-order valence-electron chi connectivity index (χ3n) is 3.87. The van der Waals surface area contributed by atoms with Gasteiger partial charge < -0.3 is 10.2 Å². The highest BCUT2D eigenvalue weighted by Gasteiger charge is 2.34. The van der Waals surface area contributed by atoms with Crippen LogP contribution < -0.4 is 5.32 Å². The molecule has 0 aliphatic carbocycles. The Morgan fingerprint density at radius 2 is 2.08 bits per heavy atom. The van der Waals surface area contributed by atoms with Crippen molar-refractivity contribution >= 4 is 37.4 Å². The van der Waals surface area contributed by atoms with Gasteiger partial charge in [0, 0.05) is 23.2 Å². The molecule has 134 valence electrons. The first-order valence-electron chi connectivity index (χ1n) is 7.06. The van der Waals surface area contributed by atoms with Crippen molar-refractivity contribution in [3.05, 3.63) is 28.2 Å². The van der Waals surface area contributed by atoms with Crippen LogP contribution in [0.4, 0.5) is 18.9 Å². The number of likely N-dealkylation sites (N-methyl/N-ethyl adjacent to an activating group) is 1. The van der Waals surface area contributed by atoms with E-state index < -0.39 is 21.6 Å². The van der Waals surface area contributed by atoms with Crippen molar-refractivity contribution in [3.63, 3.8) is 0 Å². The van der Waals surface area contributed by atoms with Crippen molar-refractivity contribution in [2.24, 2.45) is 0 Å². The zero-order valence-electron chi connectivity index (χ0n) is 12.7. The van der Waals surface area contributed by atoms with Gasteiger partial charge in [-0.25, -0.2) is 8.42 Å². The van der Waals surface area contributed by atoms with Gasteiger partial charge >= 0.3 is 6.18 Å². The van der Waals surface area contributed by atoms with Crippen LogP contribution >= 0.6 is 15.9 Å². The summed E-state index contributed by atoms with van der Waals surface area (Å²) in [5.74, 6) is -0.413. The molecule has 2 rings (SSSR count). The summed E-state index contributed by atoms with van der Waals surface area (Å²) >= 11 is 2.84. The number of amides is 1. The number of nitrogens with one attached hydrogen (secondary N) is 1. The molecule has 1 heterocycles. The summed E-state index contributed by atoms with van der Waals surface area (Å²) in [5, 5.41) is 2.65. The number of hydrogen-bond acceptors (Lipinski definition) is 4. The van der Waals surface area contributed by atoms with Crippen LogP contribution in [0.15, 0.2) is 22.7 Å². The fourth-order valence-corrected chi connectivity index (χ4v) is 4.69. The van der Waals surface area contributed by atoms with Crippen LogP contribution in [-0.4, -0.2) is 50.4 Å².